The first-order valence-electron chi connectivity index (χ1n) is 6.41. The van der Waals surface area contributed by atoms with E-state index in [0.29, 0.717) is 11.3 Å². The van der Waals surface area contributed by atoms with E-state index in [4.69, 9.17) is 20.6 Å². The summed E-state index contributed by atoms with van der Waals surface area (Å²) in [5.41, 5.74) is 6.22. The van der Waals surface area contributed by atoms with Crippen LogP contribution in [0.3, 0.4) is 0 Å². The Morgan fingerprint density at radius 1 is 1.37 bits per heavy atom. The van der Waals surface area contributed by atoms with Gasteiger partial charge in [0.1, 0.15) is 17.7 Å². The molecular formula is C14H19BrN2O2. The number of nitrogen functional groups attached to an aromatic ring is 1. The number of hydrogen-bond acceptors (Lipinski definition) is 3. The van der Waals surface area contributed by atoms with E-state index in [0.717, 1.165) is 17.3 Å². The molecule has 2 unspecified atom stereocenters. The van der Waals surface area contributed by atoms with Crippen LogP contribution in [0.15, 0.2) is 22.7 Å². The van der Waals surface area contributed by atoms with Crippen LogP contribution in [-0.2, 0) is 4.74 Å². The van der Waals surface area contributed by atoms with Crippen molar-refractivity contribution in [2.75, 3.05) is 0 Å². The van der Waals surface area contributed by atoms with Gasteiger partial charge in [0, 0.05) is 17.3 Å². The second-order valence-corrected chi connectivity index (χ2v) is 5.94. The Hall–Kier alpha value is -1.07. The molecule has 0 radical (unpaired) electrons. The highest BCUT2D eigenvalue weighted by Crippen LogP contribution is 2.28. The summed E-state index contributed by atoms with van der Waals surface area (Å²) in [5.74, 6) is 0.684. The Morgan fingerprint density at radius 3 is 2.58 bits per heavy atom. The lowest BCUT2D eigenvalue weighted by atomic mass is 10.0. The summed E-state index contributed by atoms with van der Waals surface area (Å²) in [6.07, 6.45) is 2.21. The van der Waals surface area contributed by atoms with Crippen molar-refractivity contribution < 1.29 is 9.47 Å². The third-order valence-electron chi connectivity index (χ3n) is 3.18. The van der Waals surface area contributed by atoms with Gasteiger partial charge in [0.25, 0.3) is 0 Å². The fourth-order valence-electron chi connectivity index (χ4n) is 2.44. The molecule has 1 heterocycles. The van der Waals surface area contributed by atoms with Gasteiger partial charge in [-0.15, -0.1) is 0 Å². The van der Waals surface area contributed by atoms with Gasteiger partial charge in [-0.05, 0) is 32.0 Å². The van der Waals surface area contributed by atoms with Crippen molar-refractivity contribution in [3.63, 3.8) is 0 Å². The van der Waals surface area contributed by atoms with E-state index in [1.165, 1.54) is 0 Å². The molecule has 2 rings (SSSR count). The van der Waals surface area contributed by atoms with Crippen LogP contribution in [0.4, 0.5) is 0 Å². The third-order valence-corrected chi connectivity index (χ3v) is 3.67. The topological polar surface area (TPSA) is 68.3 Å². The molecule has 0 amide bonds. The van der Waals surface area contributed by atoms with E-state index in [1.807, 2.05) is 12.1 Å². The van der Waals surface area contributed by atoms with Gasteiger partial charge >= 0.3 is 0 Å². The number of nitrogens with one attached hydrogen (secondary N) is 1. The molecule has 0 bridgehead atoms. The molecule has 3 N–H and O–H groups in total. The van der Waals surface area contributed by atoms with Crippen LogP contribution in [0, 0.1) is 5.41 Å². The maximum atomic E-state index is 7.60. The molecular weight excluding hydrogens is 308 g/mol. The van der Waals surface area contributed by atoms with E-state index in [9.17, 15) is 0 Å². The normalized spacial score (nSPS) is 27.0. The molecule has 1 fully saturated rings. The Labute approximate surface area is 121 Å². The largest absolute Gasteiger partial charge is 0.489 e. The van der Waals surface area contributed by atoms with Crippen LogP contribution in [0.2, 0.25) is 0 Å². The second kappa shape index (κ2) is 5.92. The maximum Gasteiger partial charge on any atom is 0.131 e. The van der Waals surface area contributed by atoms with E-state index >= 15 is 0 Å². The highest BCUT2D eigenvalue weighted by atomic mass is 79.9. The minimum absolute atomic E-state index is 0.0238. The summed E-state index contributed by atoms with van der Waals surface area (Å²) in [7, 11) is 0. The number of rotatable bonds is 3. The Bertz CT molecular complexity index is 469. The number of hydrogen-bond donors (Lipinski definition) is 2. The molecule has 1 aliphatic heterocycles. The molecule has 5 heteroatoms. The van der Waals surface area contributed by atoms with Crippen LogP contribution < -0.4 is 10.5 Å². The van der Waals surface area contributed by atoms with Crippen molar-refractivity contribution in [1.82, 2.24) is 0 Å². The maximum absolute atomic E-state index is 7.60. The predicted octanol–water partition coefficient (Wildman–Crippen LogP) is 3.07. The first kappa shape index (κ1) is 14.3. The van der Waals surface area contributed by atoms with Gasteiger partial charge < -0.3 is 15.2 Å². The van der Waals surface area contributed by atoms with E-state index in [-0.39, 0.29) is 24.1 Å². The summed E-state index contributed by atoms with van der Waals surface area (Å²) in [6, 6.07) is 5.52. The standard InChI is InChI=1S/C14H19BrN2O2/c1-8-5-11(6-9(2)18-8)19-13-7-10(15)3-4-12(13)14(16)17/h3-4,7-9,11H,5-6H2,1-2H3,(H3,16,17). The number of halogens is 1. The zero-order chi connectivity index (χ0) is 14.0. The molecule has 2 atom stereocenters. The summed E-state index contributed by atoms with van der Waals surface area (Å²) in [5, 5.41) is 7.60. The molecule has 1 aliphatic rings. The van der Waals surface area contributed by atoms with Gasteiger partial charge in [-0.2, -0.15) is 0 Å². The van der Waals surface area contributed by atoms with Gasteiger partial charge in [-0.25, -0.2) is 0 Å². The number of ether oxygens (including phenoxy) is 2. The number of amidine groups is 1. The van der Waals surface area contributed by atoms with E-state index in [1.54, 1.807) is 6.07 Å². The minimum atomic E-state index is 0.0238. The minimum Gasteiger partial charge on any atom is -0.489 e. The van der Waals surface area contributed by atoms with Crippen LogP contribution in [0.1, 0.15) is 32.3 Å². The molecule has 4 nitrogen and oxygen atoms in total. The van der Waals surface area contributed by atoms with Crippen LogP contribution in [-0.4, -0.2) is 24.1 Å². The van der Waals surface area contributed by atoms with Crippen LogP contribution in [0.5, 0.6) is 5.75 Å². The molecule has 0 aromatic heterocycles. The summed E-state index contributed by atoms with van der Waals surface area (Å²) in [6.45, 7) is 4.11. The number of benzene rings is 1. The monoisotopic (exact) mass is 326 g/mol. The summed E-state index contributed by atoms with van der Waals surface area (Å²) >= 11 is 3.42. The zero-order valence-corrected chi connectivity index (χ0v) is 12.7. The van der Waals surface area contributed by atoms with E-state index in [2.05, 4.69) is 29.8 Å². The summed E-state index contributed by atoms with van der Waals surface area (Å²) < 4.78 is 12.7. The van der Waals surface area contributed by atoms with Crippen LogP contribution >= 0.6 is 15.9 Å². The van der Waals surface area contributed by atoms with Crippen molar-refractivity contribution in [3.05, 3.63) is 28.2 Å². The second-order valence-electron chi connectivity index (χ2n) is 5.02. The lowest BCUT2D eigenvalue weighted by molar-refractivity contribution is -0.0721. The molecule has 0 aliphatic carbocycles. The highest BCUT2D eigenvalue weighted by Gasteiger charge is 2.26. The van der Waals surface area contributed by atoms with Gasteiger partial charge in [0.2, 0.25) is 0 Å². The van der Waals surface area contributed by atoms with Crippen molar-refractivity contribution >= 4 is 21.8 Å². The molecule has 0 saturated carbocycles. The first-order valence-corrected chi connectivity index (χ1v) is 7.21. The Balaban J connectivity index is 2.18. The quantitative estimate of drug-likeness (QED) is 0.662. The van der Waals surface area contributed by atoms with E-state index < -0.39 is 0 Å². The molecule has 1 aromatic rings. The van der Waals surface area contributed by atoms with Crippen molar-refractivity contribution in [1.29, 1.82) is 5.41 Å². The Kier molecular flexibility index (Phi) is 4.47. The number of nitrogens with two attached hydrogens (primary N) is 1. The first-order chi connectivity index (χ1) is 8.95. The van der Waals surface area contributed by atoms with Gasteiger partial charge in [0.15, 0.2) is 0 Å². The molecule has 1 saturated heterocycles. The average molecular weight is 327 g/mol. The third kappa shape index (κ3) is 3.70. The average Bonchev–Trinajstić information content (AvgIpc) is 2.26. The molecule has 19 heavy (non-hydrogen) atoms. The van der Waals surface area contributed by atoms with Crippen LogP contribution in [0.25, 0.3) is 0 Å². The van der Waals surface area contributed by atoms with Gasteiger partial charge in [-0.3, -0.25) is 5.41 Å². The fourth-order valence-corrected chi connectivity index (χ4v) is 2.78. The van der Waals surface area contributed by atoms with Gasteiger partial charge in [0.05, 0.1) is 17.8 Å². The zero-order valence-electron chi connectivity index (χ0n) is 11.2. The van der Waals surface area contributed by atoms with Crippen molar-refractivity contribution in [2.24, 2.45) is 5.73 Å². The van der Waals surface area contributed by atoms with Crippen molar-refractivity contribution in [2.45, 2.75) is 45.0 Å². The lowest BCUT2D eigenvalue weighted by Crippen LogP contribution is -2.36. The SMILES string of the molecule is CC1CC(Oc2cc(Br)ccc2C(=N)N)CC(C)O1. The smallest absolute Gasteiger partial charge is 0.131 e. The molecule has 1 aromatic carbocycles. The molecule has 0 spiro atoms. The molecule has 104 valence electrons. The fraction of sp³-hybridized carbons (Fsp3) is 0.500. The van der Waals surface area contributed by atoms with Crippen molar-refractivity contribution in [3.8, 4) is 5.75 Å². The summed E-state index contributed by atoms with van der Waals surface area (Å²) in [4.78, 5) is 0. The van der Waals surface area contributed by atoms with Gasteiger partial charge in [-0.1, -0.05) is 15.9 Å². The Morgan fingerprint density at radius 2 is 2.00 bits per heavy atom. The lowest BCUT2D eigenvalue weighted by Gasteiger charge is -2.32. The highest BCUT2D eigenvalue weighted by molar-refractivity contribution is 9.10. The predicted molar refractivity (Wildman–Crippen MR) is 78.8 cm³/mol.